The van der Waals surface area contributed by atoms with Crippen molar-refractivity contribution in [3.63, 3.8) is 0 Å². The number of piperidine rings is 1. The number of rotatable bonds is 3. The second-order valence-corrected chi connectivity index (χ2v) is 7.75. The summed E-state index contributed by atoms with van der Waals surface area (Å²) in [6.45, 7) is 2.76. The van der Waals surface area contributed by atoms with Crippen molar-refractivity contribution in [2.24, 2.45) is 5.41 Å². The molecule has 0 amide bonds. The topological polar surface area (TPSA) is 15.3 Å². The molecule has 19 heavy (non-hydrogen) atoms. The predicted molar refractivity (Wildman–Crippen MR) is 79.3 cm³/mol. The molecule has 1 unspecified atom stereocenters. The molecule has 0 radical (unpaired) electrons. The van der Waals surface area contributed by atoms with Crippen LogP contribution < -0.4 is 5.32 Å². The van der Waals surface area contributed by atoms with Gasteiger partial charge in [-0.15, -0.1) is 0 Å². The van der Waals surface area contributed by atoms with Crippen LogP contribution in [0.2, 0.25) is 0 Å². The highest BCUT2D eigenvalue weighted by Gasteiger charge is 2.49. The molecule has 1 spiro atoms. The minimum Gasteiger partial charge on any atom is -0.311 e. The van der Waals surface area contributed by atoms with Crippen LogP contribution in [-0.4, -0.2) is 36.1 Å². The molecule has 0 aromatic carbocycles. The van der Waals surface area contributed by atoms with Crippen molar-refractivity contribution >= 4 is 0 Å². The fourth-order valence-corrected chi connectivity index (χ4v) is 5.22. The largest absolute Gasteiger partial charge is 0.311 e. The molecule has 4 rings (SSSR count). The van der Waals surface area contributed by atoms with E-state index in [2.05, 4.69) is 10.2 Å². The summed E-state index contributed by atoms with van der Waals surface area (Å²) in [5.41, 5.74) is 0.760. The van der Waals surface area contributed by atoms with E-state index in [0.29, 0.717) is 0 Å². The third kappa shape index (κ3) is 2.25. The van der Waals surface area contributed by atoms with Crippen LogP contribution in [0.1, 0.15) is 70.6 Å². The summed E-state index contributed by atoms with van der Waals surface area (Å²) in [7, 11) is 0. The van der Waals surface area contributed by atoms with Crippen molar-refractivity contribution in [1.82, 2.24) is 10.2 Å². The first-order valence-corrected chi connectivity index (χ1v) is 8.86. The summed E-state index contributed by atoms with van der Waals surface area (Å²) in [6, 6.07) is 2.68. The summed E-state index contributed by atoms with van der Waals surface area (Å²) in [5.74, 6) is 0. The number of hydrogen-bond donors (Lipinski definition) is 1. The van der Waals surface area contributed by atoms with Gasteiger partial charge in [-0.25, -0.2) is 0 Å². The molecule has 0 aromatic rings. The Morgan fingerprint density at radius 1 is 0.842 bits per heavy atom. The minimum atomic E-state index is 0.760. The zero-order valence-corrected chi connectivity index (χ0v) is 12.4. The van der Waals surface area contributed by atoms with Gasteiger partial charge in [-0.2, -0.15) is 0 Å². The standard InChI is InChI=1S/C17H30N2/c1-4-10-19(11-5-1)15-12-14(13-15)18-16-6-9-17(16)7-2-3-8-17/h14-16,18H,1-13H2. The van der Waals surface area contributed by atoms with E-state index in [0.717, 1.165) is 23.5 Å². The third-order valence-corrected chi connectivity index (χ3v) is 6.73. The Morgan fingerprint density at radius 3 is 2.21 bits per heavy atom. The predicted octanol–water partition coefficient (Wildman–Crippen LogP) is 3.32. The lowest BCUT2D eigenvalue weighted by Gasteiger charge is -2.53. The first-order valence-electron chi connectivity index (χ1n) is 8.86. The van der Waals surface area contributed by atoms with Gasteiger partial charge >= 0.3 is 0 Å². The van der Waals surface area contributed by atoms with Gasteiger partial charge in [0.1, 0.15) is 0 Å². The Kier molecular flexibility index (Phi) is 3.35. The monoisotopic (exact) mass is 262 g/mol. The summed E-state index contributed by atoms with van der Waals surface area (Å²) >= 11 is 0. The van der Waals surface area contributed by atoms with E-state index >= 15 is 0 Å². The van der Waals surface area contributed by atoms with Gasteiger partial charge in [0, 0.05) is 18.1 Å². The Balaban J connectivity index is 1.23. The second-order valence-electron chi connectivity index (χ2n) is 7.75. The molecule has 108 valence electrons. The maximum absolute atomic E-state index is 4.03. The molecule has 1 saturated heterocycles. The Morgan fingerprint density at radius 2 is 1.58 bits per heavy atom. The lowest BCUT2D eigenvalue weighted by atomic mass is 9.62. The van der Waals surface area contributed by atoms with E-state index in [4.69, 9.17) is 0 Å². The SMILES string of the molecule is C1CCN(C2CC(NC3CCC34CCCC4)C2)CC1. The average molecular weight is 262 g/mol. The fourth-order valence-electron chi connectivity index (χ4n) is 5.22. The van der Waals surface area contributed by atoms with Crippen molar-refractivity contribution in [3.8, 4) is 0 Å². The molecular formula is C17H30N2. The molecule has 4 aliphatic rings. The molecule has 0 bridgehead atoms. The normalized spacial score (nSPS) is 42.0. The van der Waals surface area contributed by atoms with Crippen molar-refractivity contribution in [3.05, 3.63) is 0 Å². The molecule has 4 fully saturated rings. The lowest BCUT2D eigenvalue weighted by Crippen LogP contribution is -2.61. The Bertz CT molecular complexity index is 309. The maximum atomic E-state index is 4.03. The molecule has 1 atom stereocenters. The zero-order chi connectivity index (χ0) is 12.7. The quantitative estimate of drug-likeness (QED) is 0.839. The van der Waals surface area contributed by atoms with E-state index < -0.39 is 0 Å². The highest BCUT2D eigenvalue weighted by molar-refractivity contribution is 5.05. The van der Waals surface area contributed by atoms with Crippen molar-refractivity contribution < 1.29 is 0 Å². The molecule has 2 nitrogen and oxygen atoms in total. The van der Waals surface area contributed by atoms with Crippen LogP contribution in [0.5, 0.6) is 0 Å². The van der Waals surface area contributed by atoms with Crippen LogP contribution in [-0.2, 0) is 0 Å². The Labute approximate surface area is 118 Å². The first-order chi connectivity index (χ1) is 9.36. The first kappa shape index (κ1) is 12.6. The van der Waals surface area contributed by atoms with Crippen LogP contribution in [0.3, 0.4) is 0 Å². The van der Waals surface area contributed by atoms with Gasteiger partial charge < -0.3 is 10.2 Å². The summed E-state index contributed by atoms with van der Waals surface area (Å²) in [6.07, 6.45) is 16.3. The maximum Gasteiger partial charge on any atom is 0.0126 e. The fraction of sp³-hybridized carbons (Fsp3) is 1.00. The summed E-state index contributed by atoms with van der Waals surface area (Å²) in [5, 5.41) is 4.03. The molecule has 3 aliphatic carbocycles. The van der Waals surface area contributed by atoms with Gasteiger partial charge in [0.2, 0.25) is 0 Å². The molecule has 1 N–H and O–H groups in total. The smallest absolute Gasteiger partial charge is 0.0126 e. The van der Waals surface area contributed by atoms with Crippen LogP contribution in [0.25, 0.3) is 0 Å². The van der Waals surface area contributed by atoms with Crippen LogP contribution in [0, 0.1) is 5.41 Å². The van der Waals surface area contributed by atoms with E-state index in [1.807, 2.05) is 0 Å². The second kappa shape index (κ2) is 5.04. The van der Waals surface area contributed by atoms with E-state index in [1.165, 1.54) is 83.7 Å². The van der Waals surface area contributed by atoms with E-state index in [9.17, 15) is 0 Å². The van der Waals surface area contributed by atoms with E-state index in [-0.39, 0.29) is 0 Å². The van der Waals surface area contributed by atoms with Gasteiger partial charge in [-0.1, -0.05) is 19.3 Å². The van der Waals surface area contributed by atoms with Gasteiger partial charge in [0.15, 0.2) is 0 Å². The molecule has 2 heteroatoms. The van der Waals surface area contributed by atoms with Crippen LogP contribution in [0.4, 0.5) is 0 Å². The number of likely N-dealkylation sites (tertiary alicyclic amines) is 1. The highest BCUT2D eigenvalue weighted by Crippen LogP contribution is 2.53. The van der Waals surface area contributed by atoms with Crippen LogP contribution in [0.15, 0.2) is 0 Å². The highest BCUT2D eigenvalue weighted by atomic mass is 15.2. The minimum absolute atomic E-state index is 0.760. The average Bonchev–Trinajstić information content (AvgIpc) is 2.89. The molecule has 1 heterocycles. The number of nitrogens with one attached hydrogen (secondary N) is 1. The Hall–Kier alpha value is -0.0800. The zero-order valence-electron chi connectivity index (χ0n) is 12.4. The third-order valence-electron chi connectivity index (χ3n) is 6.73. The van der Waals surface area contributed by atoms with Crippen molar-refractivity contribution in [2.75, 3.05) is 13.1 Å². The van der Waals surface area contributed by atoms with Crippen molar-refractivity contribution in [2.45, 2.75) is 88.8 Å². The summed E-state index contributed by atoms with van der Waals surface area (Å²) in [4.78, 5) is 2.77. The van der Waals surface area contributed by atoms with Crippen LogP contribution >= 0.6 is 0 Å². The molecule has 3 saturated carbocycles. The number of hydrogen-bond acceptors (Lipinski definition) is 2. The van der Waals surface area contributed by atoms with Crippen molar-refractivity contribution in [1.29, 1.82) is 0 Å². The molecule has 1 aliphatic heterocycles. The number of nitrogens with zero attached hydrogens (tertiary/aromatic N) is 1. The lowest BCUT2D eigenvalue weighted by molar-refractivity contribution is 0.0230. The summed E-state index contributed by atoms with van der Waals surface area (Å²) < 4.78 is 0. The van der Waals surface area contributed by atoms with Gasteiger partial charge in [0.25, 0.3) is 0 Å². The van der Waals surface area contributed by atoms with Gasteiger partial charge in [-0.3, -0.25) is 0 Å². The molecular weight excluding hydrogens is 232 g/mol. The van der Waals surface area contributed by atoms with Gasteiger partial charge in [0.05, 0.1) is 0 Å². The van der Waals surface area contributed by atoms with Gasteiger partial charge in [-0.05, 0) is 69.9 Å². The van der Waals surface area contributed by atoms with E-state index in [1.54, 1.807) is 0 Å². The molecule has 0 aromatic heterocycles.